The van der Waals surface area contributed by atoms with Crippen LogP contribution in [0.1, 0.15) is 16.8 Å². The van der Waals surface area contributed by atoms with E-state index >= 15 is 0 Å². The van der Waals surface area contributed by atoms with E-state index in [9.17, 15) is 9.00 Å². The predicted octanol–water partition coefficient (Wildman–Crippen LogP) is 2.82. The molecule has 1 atom stereocenters. The number of aryl methyl sites for hydroxylation is 1. The number of benzene rings is 2. The molecule has 2 aromatic heterocycles. The molecule has 0 aliphatic heterocycles. The van der Waals surface area contributed by atoms with Crippen molar-refractivity contribution in [1.82, 2.24) is 14.3 Å². The molecule has 0 saturated carbocycles. The van der Waals surface area contributed by atoms with E-state index in [1.807, 2.05) is 11.6 Å². The molecule has 4 rings (SSSR count). The van der Waals surface area contributed by atoms with Crippen molar-refractivity contribution >= 4 is 22.2 Å². The Morgan fingerprint density at radius 3 is 2.70 bits per heavy atom. The summed E-state index contributed by atoms with van der Waals surface area (Å²) in [6.07, 6.45) is 4.81. The first-order valence-corrected chi connectivity index (χ1v) is 10.1. The SMILES string of the molecule is Cn1cncc1C#Cc1ccc2c(=O)c(-c3ccc(CNS(=O)O)cc3)coc2c1. The average molecular weight is 419 g/mol. The Kier molecular flexibility index (Phi) is 5.59. The first-order chi connectivity index (χ1) is 14.5. The molecule has 7 nitrogen and oxygen atoms in total. The van der Waals surface area contributed by atoms with Gasteiger partial charge in [0.15, 0.2) is 5.43 Å². The summed E-state index contributed by atoms with van der Waals surface area (Å²) >= 11 is -2.07. The number of hydrogen-bond acceptors (Lipinski definition) is 4. The van der Waals surface area contributed by atoms with E-state index in [0.29, 0.717) is 22.1 Å². The van der Waals surface area contributed by atoms with Gasteiger partial charge in [-0.15, -0.1) is 0 Å². The van der Waals surface area contributed by atoms with Crippen molar-refractivity contribution in [3.63, 3.8) is 0 Å². The molecular weight excluding hydrogens is 402 g/mol. The average Bonchev–Trinajstić information content (AvgIpc) is 3.16. The molecule has 0 amide bonds. The van der Waals surface area contributed by atoms with Crippen molar-refractivity contribution in [3.8, 4) is 23.0 Å². The van der Waals surface area contributed by atoms with Crippen LogP contribution in [0.2, 0.25) is 0 Å². The zero-order chi connectivity index (χ0) is 21.1. The van der Waals surface area contributed by atoms with Crippen LogP contribution >= 0.6 is 0 Å². The number of nitrogens with one attached hydrogen (secondary N) is 1. The maximum atomic E-state index is 12.9. The van der Waals surface area contributed by atoms with E-state index in [4.69, 9.17) is 8.97 Å². The molecule has 2 aromatic carbocycles. The zero-order valence-corrected chi connectivity index (χ0v) is 16.8. The summed E-state index contributed by atoms with van der Waals surface area (Å²) in [6.45, 7) is 0.248. The van der Waals surface area contributed by atoms with Gasteiger partial charge in [0.2, 0.25) is 11.3 Å². The molecule has 0 radical (unpaired) electrons. The maximum absolute atomic E-state index is 12.9. The molecule has 0 aliphatic rings. The number of rotatable bonds is 4. The van der Waals surface area contributed by atoms with Crippen molar-refractivity contribution in [3.05, 3.63) is 88.3 Å². The maximum Gasteiger partial charge on any atom is 0.232 e. The largest absolute Gasteiger partial charge is 0.463 e. The van der Waals surface area contributed by atoms with E-state index in [0.717, 1.165) is 16.8 Å². The summed E-state index contributed by atoms with van der Waals surface area (Å²) in [6, 6.07) is 12.4. The fourth-order valence-electron chi connectivity index (χ4n) is 2.97. The van der Waals surface area contributed by atoms with Crippen molar-refractivity contribution in [1.29, 1.82) is 0 Å². The first-order valence-electron chi connectivity index (χ1n) is 8.99. The summed E-state index contributed by atoms with van der Waals surface area (Å²) in [4.78, 5) is 17.0. The lowest BCUT2D eigenvalue weighted by Gasteiger charge is -2.05. The predicted molar refractivity (Wildman–Crippen MR) is 115 cm³/mol. The van der Waals surface area contributed by atoms with Crippen LogP contribution in [0, 0.1) is 11.8 Å². The van der Waals surface area contributed by atoms with E-state index in [-0.39, 0.29) is 12.0 Å². The highest BCUT2D eigenvalue weighted by Crippen LogP contribution is 2.21. The van der Waals surface area contributed by atoms with E-state index < -0.39 is 11.3 Å². The molecule has 0 spiro atoms. The van der Waals surface area contributed by atoms with Crippen molar-refractivity contribution < 1.29 is 13.2 Å². The quantitative estimate of drug-likeness (QED) is 0.392. The van der Waals surface area contributed by atoms with Gasteiger partial charge >= 0.3 is 0 Å². The van der Waals surface area contributed by atoms with Gasteiger partial charge in [-0.2, -0.15) is 0 Å². The fraction of sp³-hybridized carbons (Fsp3) is 0.0909. The Morgan fingerprint density at radius 2 is 2.00 bits per heavy atom. The van der Waals surface area contributed by atoms with Crippen molar-refractivity contribution in [2.75, 3.05) is 0 Å². The number of imidazole rings is 1. The van der Waals surface area contributed by atoms with Crippen molar-refractivity contribution in [2.24, 2.45) is 7.05 Å². The lowest BCUT2D eigenvalue weighted by Crippen LogP contribution is -2.15. The second-order valence-electron chi connectivity index (χ2n) is 6.60. The molecule has 2 heterocycles. The molecule has 2 N–H and O–H groups in total. The number of fused-ring (bicyclic) bond motifs is 1. The summed E-state index contributed by atoms with van der Waals surface area (Å²) in [5.41, 5.74) is 3.83. The van der Waals surface area contributed by atoms with Crippen LogP contribution in [0.3, 0.4) is 0 Å². The van der Waals surface area contributed by atoms with Gasteiger partial charge < -0.3 is 8.98 Å². The van der Waals surface area contributed by atoms with Gasteiger partial charge in [-0.1, -0.05) is 30.2 Å². The highest BCUT2D eigenvalue weighted by Gasteiger charge is 2.10. The molecule has 150 valence electrons. The van der Waals surface area contributed by atoms with Gasteiger partial charge in [0.05, 0.1) is 23.5 Å². The highest BCUT2D eigenvalue weighted by molar-refractivity contribution is 7.77. The van der Waals surface area contributed by atoms with Gasteiger partial charge in [0.25, 0.3) is 0 Å². The van der Waals surface area contributed by atoms with E-state index in [1.54, 1.807) is 55.0 Å². The van der Waals surface area contributed by atoms with Crippen molar-refractivity contribution in [2.45, 2.75) is 6.54 Å². The Morgan fingerprint density at radius 1 is 1.20 bits per heavy atom. The molecule has 0 aliphatic carbocycles. The smallest absolute Gasteiger partial charge is 0.232 e. The third-order valence-corrected chi connectivity index (χ3v) is 4.98. The number of aromatic nitrogens is 2. The van der Waals surface area contributed by atoms with Crippen LogP contribution < -0.4 is 10.2 Å². The second-order valence-corrected chi connectivity index (χ2v) is 7.38. The standard InChI is InChI=1S/C22H17N3O4S/c1-25-14-23-12-18(25)8-4-15-5-9-19-21(10-15)29-13-20(22(19)26)17-6-2-16(3-7-17)11-24-30(27)28/h2-3,5-7,9-10,12-14,24H,11H2,1H3,(H,27,28). The Hall–Kier alpha value is -3.51. The molecule has 0 saturated heterocycles. The lowest BCUT2D eigenvalue weighted by molar-refractivity contribution is 0.548. The second kappa shape index (κ2) is 8.47. The van der Waals surface area contributed by atoms with Crippen LogP contribution in [0.15, 0.2) is 70.5 Å². The van der Waals surface area contributed by atoms with E-state index in [2.05, 4.69) is 21.5 Å². The van der Waals surface area contributed by atoms with Gasteiger partial charge in [0.1, 0.15) is 17.5 Å². The topological polar surface area (TPSA) is 97.4 Å². The van der Waals surface area contributed by atoms with Crippen LogP contribution in [0.5, 0.6) is 0 Å². The van der Waals surface area contributed by atoms with Gasteiger partial charge in [0, 0.05) is 19.2 Å². The van der Waals surface area contributed by atoms with Gasteiger partial charge in [-0.05, 0) is 35.2 Å². The monoisotopic (exact) mass is 419 g/mol. The molecule has 1 unspecified atom stereocenters. The summed E-state index contributed by atoms with van der Waals surface area (Å²) < 4.78 is 29.5. The number of nitrogens with zero attached hydrogens (tertiary/aromatic N) is 2. The Labute approximate surface area is 174 Å². The third-order valence-electron chi connectivity index (χ3n) is 4.59. The van der Waals surface area contributed by atoms with Gasteiger partial charge in [-0.25, -0.2) is 13.9 Å². The zero-order valence-electron chi connectivity index (χ0n) is 16.0. The normalized spacial score (nSPS) is 11.8. The Bertz CT molecular complexity index is 1360. The first kappa shape index (κ1) is 19.8. The van der Waals surface area contributed by atoms with E-state index in [1.165, 1.54) is 6.26 Å². The third kappa shape index (κ3) is 4.23. The van der Waals surface area contributed by atoms with Crippen LogP contribution in [0.25, 0.3) is 22.1 Å². The molecular formula is C22H17N3O4S. The number of hydrogen-bond donors (Lipinski definition) is 2. The Balaban J connectivity index is 1.63. The molecule has 4 aromatic rings. The lowest BCUT2D eigenvalue weighted by atomic mass is 10.0. The minimum atomic E-state index is -2.07. The summed E-state index contributed by atoms with van der Waals surface area (Å²) in [7, 11) is 1.87. The molecule has 0 bridgehead atoms. The fourth-order valence-corrected chi connectivity index (χ4v) is 3.26. The molecule has 0 fully saturated rings. The van der Waals surface area contributed by atoms with Crippen LogP contribution in [0.4, 0.5) is 0 Å². The summed E-state index contributed by atoms with van der Waals surface area (Å²) in [5.74, 6) is 6.09. The summed E-state index contributed by atoms with van der Waals surface area (Å²) in [5, 5.41) is 0.472. The molecule has 8 heteroatoms. The minimum Gasteiger partial charge on any atom is -0.463 e. The molecule has 30 heavy (non-hydrogen) atoms. The highest BCUT2D eigenvalue weighted by atomic mass is 32.2. The minimum absolute atomic E-state index is 0.135. The van der Waals surface area contributed by atoms with Gasteiger partial charge in [-0.3, -0.25) is 9.35 Å². The van der Waals surface area contributed by atoms with Crippen LogP contribution in [-0.4, -0.2) is 18.3 Å². The van der Waals surface area contributed by atoms with Crippen LogP contribution in [-0.2, 0) is 24.9 Å².